The van der Waals surface area contributed by atoms with Crippen molar-refractivity contribution in [3.63, 3.8) is 0 Å². The topological polar surface area (TPSA) is 100 Å². The zero-order valence-electron chi connectivity index (χ0n) is 20.5. The summed E-state index contributed by atoms with van der Waals surface area (Å²) in [6.45, 7) is 2.13. The van der Waals surface area contributed by atoms with Crippen molar-refractivity contribution in [1.82, 2.24) is 20.0 Å². The Morgan fingerprint density at radius 3 is 2.64 bits per heavy atom. The molecule has 0 atom stereocenters. The number of hydrogen-bond acceptors (Lipinski definition) is 6. The van der Waals surface area contributed by atoms with Gasteiger partial charge in [-0.25, -0.2) is 0 Å². The molecule has 192 valence electrons. The van der Waals surface area contributed by atoms with E-state index in [4.69, 9.17) is 5.26 Å². The lowest BCUT2D eigenvalue weighted by molar-refractivity contribution is -0.132. The fraction of sp³-hybridized carbons (Fsp3) is 0.520. The highest BCUT2D eigenvalue weighted by molar-refractivity contribution is 8.02. The lowest BCUT2D eigenvalue weighted by Gasteiger charge is -2.34. The Morgan fingerprint density at radius 2 is 2.03 bits per heavy atom. The highest BCUT2D eigenvalue weighted by atomic mass is 32.2. The Bertz CT molecular complexity index is 1190. The molecule has 0 spiro atoms. The molecule has 0 bridgehead atoms. The van der Waals surface area contributed by atoms with Crippen LogP contribution in [0.3, 0.4) is 0 Å². The average Bonchev–Trinajstić information content (AvgIpc) is 3.49. The number of amides is 2. The van der Waals surface area contributed by atoms with Crippen molar-refractivity contribution < 1.29 is 23.1 Å². The molecule has 1 fully saturated rings. The third-order valence-electron chi connectivity index (χ3n) is 6.35. The number of thioether (sulfide) groups is 1. The van der Waals surface area contributed by atoms with E-state index in [1.807, 2.05) is 13.8 Å². The molecule has 1 aliphatic carbocycles. The SMILES string of the molecule is Cn1nc(C(=O)NCc2ccc(C#N)cc2)c2c1C(=O)N(CC1(SC(C)(C)COC(F)F)CC1)CC2. The molecule has 2 aliphatic rings. The highest BCUT2D eigenvalue weighted by Gasteiger charge is 2.50. The molecule has 36 heavy (non-hydrogen) atoms. The largest absolute Gasteiger partial charge is 0.347 e. The number of carbonyl (C=O) groups is 2. The molecule has 2 amide bonds. The summed E-state index contributed by atoms with van der Waals surface area (Å²) in [5.41, 5.74) is 2.69. The molecule has 1 saturated carbocycles. The van der Waals surface area contributed by atoms with E-state index in [9.17, 15) is 18.4 Å². The van der Waals surface area contributed by atoms with Crippen molar-refractivity contribution >= 4 is 23.6 Å². The van der Waals surface area contributed by atoms with Gasteiger partial charge in [-0.1, -0.05) is 12.1 Å². The molecule has 1 aromatic heterocycles. The highest BCUT2D eigenvalue weighted by Crippen LogP contribution is 2.54. The summed E-state index contributed by atoms with van der Waals surface area (Å²) < 4.78 is 30.3. The van der Waals surface area contributed by atoms with Crippen LogP contribution < -0.4 is 5.32 Å². The molecule has 0 radical (unpaired) electrons. The van der Waals surface area contributed by atoms with Gasteiger partial charge in [0, 0.05) is 41.7 Å². The zero-order valence-corrected chi connectivity index (χ0v) is 21.3. The molecule has 1 aliphatic heterocycles. The van der Waals surface area contributed by atoms with Crippen molar-refractivity contribution in [2.45, 2.75) is 55.8 Å². The number of halogens is 2. The maximum absolute atomic E-state index is 13.4. The van der Waals surface area contributed by atoms with Crippen LogP contribution in [0.25, 0.3) is 0 Å². The van der Waals surface area contributed by atoms with Crippen LogP contribution in [-0.2, 0) is 24.8 Å². The van der Waals surface area contributed by atoms with Gasteiger partial charge in [-0.2, -0.15) is 19.1 Å². The lowest BCUT2D eigenvalue weighted by atomic mass is 10.0. The van der Waals surface area contributed by atoms with Gasteiger partial charge in [-0.15, -0.1) is 11.8 Å². The molecular formula is C25H29F2N5O3S. The van der Waals surface area contributed by atoms with Gasteiger partial charge < -0.3 is 15.0 Å². The number of nitriles is 1. The summed E-state index contributed by atoms with van der Waals surface area (Å²) in [6.07, 6.45) is 2.31. The molecule has 0 saturated heterocycles. The van der Waals surface area contributed by atoms with Crippen molar-refractivity contribution in [3.8, 4) is 6.07 Å². The van der Waals surface area contributed by atoms with Gasteiger partial charge in [-0.3, -0.25) is 14.3 Å². The predicted molar refractivity (Wildman–Crippen MR) is 131 cm³/mol. The first kappa shape index (κ1) is 26.1. The third-order valence-corrected chi connectivity index (χ3v) is 8.00. The van der Waals surface area contributed by atoms with E-state index in [0.717, 1.165) is 18.4 Å². The number of carbonyl (C=O) groups excluding carboxylic acids is 2. The Kier molecular flexibility index (Phi) is 7.38. The van der Waals surface area contributed by atoms with E-state index in [-0.39, 0.29) is 35.4 Å². The fourth-order valence-corrected chi connectivity index (χ4v) is 6.35. The molecule has 2 heterocycles. The van der Waals surface area contributed by atoms with Crippen molar-refractivity contribution in [2.75, 3.05) is 19.7 Å². The summed E-state index contributed by atoms with van der Waals surface area (Å²) in [6, 6.07) is 8.99. The van der Waals surface area contributed by atoms with Gasteiger partial charge in [0.05, 0.1) is 18.2 Å². The predicted octanol–water partition coefficient (Wildman–Crippen LogP) is 3.50. The van der Waals surface area contributed by atoms with Gasteiger partial charge in [0.2, 0.25) is 0 Å². The fourth-order valence-electron chi connectivity index (χ4n) is 4.53. The number of alkyl halides is 2. The lowest BCUT2D eigenvalue weighted by Crippen LogP contribution is -2.44. The third kappa shape index (κ3) is 5.87. The number of fused-ring (bicyclic) bond motifs is 1. The molecule has 11 heteroatoms. The van der Waals surface area contributed by atoms with Crippen molar-refractivity contribution in [1.29, 1.82) is 5.26 Å². The first-order valence-electron chi connectivity index (χ1n) is 11.7. The molecule has 2 aromatic rings. The van der Waals surface area contributed by atoms with E-state index < -0.39 is 11.4 Å². The number of rotatable bonds is 10. The Morgan fingerprint density at radius 1 is 1.33 bits per heavy atom. The smallest absolute Gasteiger partial charge is 0.345 e. The summed E-state index contributed by atoms with van der Waals surface area (Å²) in [7, 11) is 1.66. The van der Waals surface area contributed by atoms with E-state index >= 15 is 0 Å². The Hall–Kier alpha value is -2.97. The van der Waals surface area contributed by atoms with Gasteiger partial charge in [-0.05, 0) is 50.8 Å². The van der Waals surface area contributed by atoms with Gasteiger partial charge >= 0.3 is 6.61 Å². The quantitative estimate of drug-likeness (QED) is 0.518. The van der Waals surface area contributed by atoms with Crippen LogP contribution in [0.5, 0.6) is 0 Å². The van der Waals surface area contributed by atoms with Crippen LogP contribution in [0.15, 0.2) is 24.3 Å². The van der Waals surface area contributed by atoms with E-state index in [1.165, 1.54) is 4.68 Å². The standard InChI is InChI=1S/C25H29F2N5O3S/c1-24(2,15-35-23(26)27)36-25(9-10-25)14-32-11-8-18-19(30-31(3)20(18)22(32)34)21(33)29-13-17-6-4-16(12-28)5-7-17/h4-7,23H,8-11,13-15H2,1-3H3,(H,29,33). The second kappa shape index (κ2) is 10.2. The van der Waals surface area contributed by atoms with E-state index in [2.05, 4.69) is 21.2 Å². The first-order valence-corrected chi connectivity index (χ1v) is 12.6. The monoisotopic (exact) mass is 517 g/mol. The number of ether oxygens (including phenoxy) is 1. The zero-order chi connectivity index (χ0) is 26.1. The molecule has 1 aromatic carbocycles. The van der Waals surface area contributed by atoms with Crippen LogP contribution in [0.1, 0.15) is 64.4 Å². The second-order valence-corrected chi connectivity index (χ2v) is 12.1. The molecular weight excluding hydrogens is 488 g/mol. The van der Waals surface area contributed by atoms with Crippen LogP contribution in [-0.4, -0.2) is 62.3 Å². The number of aryl methyl sites for hydroxylation is 1. The summed E-state index contributed by atoms with van der Waals surface area (Å²) in [5, 5.41) is 16.1. The maximum Gasteiger partial charge on any atom is 0.345 e. The summed E-state index contributed by atoms with van der Waals surface area (Å²) in [4.78, 5) is 28.0. The number of nitrogens with zero attached hydrogens (tertiary/aromatic N) is 4. The van der Waals surface area contributed by atoms with Crippen molar-refractivity contribution in [3.05, 3.63) is 52.3 Å². The summed E-state index contributed by atoms with van der Waals surface area (Å²) in [5.74, 6) is -0.529. The second-order valence-electron chi connectivity index (χ2n) is 9.88. The first-order chi connectivity index (χ1) is 17.0. The number of hydrogen-bond donors (Lipinski definition) is 1. The Balaban J connectivity index is 1.41. The minimum Gasteiger partial charge on any atom is -0.347 e. The molecule has 1 N–H and O–H groups in total. The molecule has 8 nitrogen and oxygen atoms in total. The maximum atomic E-state index is 13.4. The van der Waals surface area contributed by atoms with Crippen LogP contribution >= 0.6 is 11.8 Å². The molecule has 4 rings (SSSR count). The van der Waals surface area contributed by atoms with Gasteiger partial charge in [0.15, 0.2) is 5.69 Å². The van der Waals surface area contributed by atoms with Gasteiger partial charge in [0.1, 0.15) is 5.69 Å². The minimum absolute atomic E-state index is 0.0716. The average molecular weight is 518 g/mol. The number of aromatic nitrogens is 2. The molecule has 0 unspecified atom stereocenters. The normalized spacial score (nSPS) is 16.6. The Labute approximate surface area is 213 Å². The van der Waals surface area contributed by atoms with Gasteiger partial charge in [0.25, 0.3) is 11.8 Å². The van der Waals surface area contributed by atoms with Crippen LogP contribution in [0, 0.1) is 11.3 Å². The summed E-state index contributed by atoms with van der Waals surface area (Å²) >= 11 is 1.60. The number of nitrogens with one attached hydrogen (secondary N) is 1. The van der Waals surface area contributed by atoms with Crippen LogP contribution in [0.2, 0.25) is 0 Å². The number of benzene rings is 1. The minimum atomic E-state index is -2.80. The van der Waals surface area contributed by atoms with E-state index in [0.29, 0.717) is 36.3 Å². The van der Waals surface area contributed by atoms with Crippen molar-refractivity contribution in [2.24, 2.45) is 7.05 Å². The van der Waals surface area contributed by atoms with Crippen LogP contribution in [0.4, 0.5) is 8.78 Å². The van der Waals surface area contributed by atoms with E-state index in [1.54, 1.807) is 48.0 Å².